The summed E-state index contributed by atoms with van der Waals surface area (Å²) in [4.78, 5) is 8.37. The van der Waals surface area contributed by atoms with Gasteiger partial charge in [0, 0.05) is 12.7 Å². The molecule has 6 heteroatoms. The van der Waals surface area contributed by atoms with Crippen LogP contribution in [0.15, 0.2) is 6.20 Å². The Morgan fingerprint density at radius 2 is 2.00 bits per heavy atom. The molecule has 0 unspecified atom stereocenters. The van der Waals surface area contributed by atoms with Gasteiger partial charge in [-0.15, -0.1) is 0 Å². The van der Waals surface area contributed by atoms with Crippen molar-refractivity contribution in [3.8, 4) is 5.82 Å². The largest absolute Gasteiger partial charge is 0.357 e. The van der Waals surface area contributed by atoms with Gasteiger partial charge in [-0.05, 0) is 26.3 Å². The van der Waals surface area contributed by atoms with Crippen LogP contribution in [0, 0.1) is 20.8 Å². The van der Waals surface area contributed by atoms with E-state index in [9.17, 15) is 0 Å². The van der Waals surface area contributed by atoms with Crippen molar-refractivity contribution in [1.29, 1.82) is 0 Å². The first-order valence-corrected chi connectivity index (χ1v) is 5.66. The molecule has 5 nitrogen and oxygen atoms in total. The Labute approximate surface area is 105 Å². The van der Waals surface area contributed by atoms with Gasteiger partial charge in [-0.1, -0.05) is 11.6 Å². The van der Waals surface area contributed by atoms with Crippen LogP contribution in [0.2, 0.25) is 5.02 Å². The van der Waals surface area contributed by atoms with Crippen molar-refractivity contribution in [2.75, 3.05) is 12.4 Å². The van der Waals surface area contributed by atoms with Gasteiger partial charge in [0.25, 0.3) is 0 Å². The molecule has 2 aromatic heterocycles. The molecule has 2 rings (SSSR count). The van der Waals surface area contributed by atoms with Gasteiger partial charge in [0.1, 0.15) is 5.02 Å². The number of aryl methyl sites for hydroxylation is 1. The summed E-state index contributed by atoms with van der Waals surface area (Å²) in [5.74, 6) is 1.12. The number of anilines is 1. The predicted molar refractivity (Wildman–Crippen MR) is 67.9 cm³/mol. The Morgan fingerprint density at radius 1 is 1.29 bits per heavy atom. The van der Waals surface area contributed by atoms with Gasteiger partial charge in [0.05, 0.1) is 11.9 Å². The van der Waals surface area contributed by atoms with Crippen molar-refractivity contribution in [3.63, 3.8) is 0 Å². The molecular weight excluding hydrogens is 238 g/mol. The van der Waals surface area contributed by atoms with E-state index in [2.05, 4.69) is 20.4 Å². The van der Waals surface area contributed by atoms with E-state index in [1.54, 1.807) is 17.9 Å². The number of hydrogen-bond acceptors (Lipinski definition) is 4. The summed E-state index contributed by atoms with van der Waals surface area (Å²) in [6.07, 6.45) is 1.57. The number of halogens is 1. The van der Waals surface area contributed by atoms with Gasteiger partial charge in [0.15, 0.2) is 5.82 Å². The summed E-state index contributed by atoms with van der Waals surface area (Å²) in [6.45, 7) is 5.99. The molecule has 0 aliphatic rings. The Kier molecular flexibility index (Phi) is 3.02. The molecule has 2 aromatic rings. The molecule has 0 aliphatic heterocycles. The van der Waals surface area contributed by atoms with E-state index in [4.69, 9.17) is 11.6 Å². The normalized spacial score (nSPS) is 10.6. The van der Waals surface area contributed by atoms with E-state index >= 15 is 0 Å². The van der Waals surface area contributed by atoms with Crippen LogP contribution in [0.5, 0.6) is 0 Å². The monoisotopic (exact) mass is 251 g/mol. The molecule has 0 aromatic carbocycles. The summed E-state index contributed by atoms with van der Waals surface area (Å²) in [7, 11) is 1.76. The van der Waals surface area contributed by atoms with Crippen LogP contribution in [-0.2, 0) is 0 Å². The predicted octanol–water partition coefficient (Wildman–Crippen LogP) is 2.28. The minimum atomic E-state index is 0.481. The standard InChI is InChI=1S/C11H14ClN5/c1-6-7(2)16-17(8(6)3)10-9(12)5-14-11(13-4)15-10/h5H,1-4H3,(H,13,14,15). The lowest BCUT2D eigenvalue weighted by atomic mass is 10.2. The summed E-state index contributed by atoms with van der Waals surface area (Å²) in [5, 5.41) is 7.79. The highest BCUT2D eigenvalue weighted by atomic mass is 35.5. The van der Waals surface area contributed by atoms with Crippen LogP contribution in [0.4, 0.5) is 5.95 Å². The molecule has 2 heterocycles. The van der Waals surface area contributed by atoms with Gasteiger partial charge < -0.3 is 5.32 Å². The van der Waals surface area contributed by atoms with Crippen LogP contribution >= 0.6 is 11.6 Å². The van der Waals surface area contributed by atoms with Crippen molar-refractivity contribution in [2.45, 2.75) is 20.8 Å². The fourth-order valence-electron chi connectivity index (χ4n) is 1.55. The molecule has 0 aliphatic carbocycles. The van der Waals surface area contributed by atoms with E-state index in [-0.39, 0.29) is 0 Å². The molecular formula is C11H14ClN5. The lowest BCUT2D eigenvalue weighted by molar-refractivity contribution is 0.802. The molecule has 0 saturated heterocycles. The first kappa shape index (κ1) is 11.9. The lowest BCUT2D eigenvalue weighted by Gasteiger charge is -2.07. The number of nitrogens with one attached hydrogen (secondary N) is 1. The minimum Gasteiger partial charge on any atom is -0.357 e. The molecule has 0 bridgehead atoms. The number of nitrogens with zero attached hydrogens (tertiary/aromatic N) is 4. The number of rotatable bonds is 2. The quantitative estimate of drug-likeness (QED) is 0.890. The van der Waals surface area contributed by atoms with Crippen LogP contribution in [0.3, 0.4) is 0 Å². The second-order valence-electron chi connectivity index (χ2n) is 3.82. The molecule has 1 N–H and O–H groups in total. The molecule has 0 amide bonds. The summed E-state index contributed by atoms with van der Waals surface area (Å²) >= 11 is 6.11. The molecule has 0 saturated carbocycles. The van der Waals surface area contributed by atoms with Crippen LogP contribution < -0.4 is 5.32 Å². The van der Waals surface area contributed by atoms with Crippen molar-refractivity contribution >= 4 is 17.5 Å². The number of hydrogen-bond donors (Lipinski definition) is 1. The van der Waals surface area contributed by atoms with Gasteiger partial charge >= 0.3 is 0 Å². The zero-order valence-corrected chi connectivity index (χ0v) is 11.0. The molecule has 0 spiro atoms. The Morgan fingerprint density at radius 3 is 2.53 bits per heavy atom. The maximum absolute atomic E-state index is 6.11. The Bertz CT molecular complexity index is 561. The third-order valence-corrected chi connectivity index (χ3v) is 3.07. The molecule has 17 heavy (non-hydrogen) atoms. The van der Waals surface area contributed by atoms with Gasteiger partial charge in [-0.3, -0.25) is 0 Å². The second-order valence-corrected chi connectivity index (χ2v) is 4.23. The van der Waals surface area contributed by atoms with Gasteiger partial charge in [-0.25, -0.2) is 9.67 Å². The van der Waals surface area contributed by atoms with E-state index in [1.165, 1.54) is 0 Å². The lowest BCUT2D eigenvalue weighted by Crippen LogP contribution is -2.06. The Balaban J connectivity index is 2.63. The van der Waals surface area contributed by atoms with E-state index in [0.717, 1.165) is 17.0 Å². The fourth-order valence-corrected chi connectivity index (χ4v) is 1.73. The zero-order chi connectivity index (χ0) is 12.6. The average molecular weight is 252 g/mol. The SMILES string of the molecule is CNc1ncc(Cl)c(-n2nc(C)c(C)c2C)n1. The third-order valence-electron chi connectivity index (χ3n) is 2.80. The van der Waals surface area contributed by atoms with Crippen LogP contribution in [0.25, 0.3) is 5.82 Å². The molecule has 0 radical (unpaired) electrons. The maximum Gasteiger partial charge on any atom is 0.224 e. The molecule has 0 atom stereocenters. The second kappa shape index (κ2) is 4.33. The highest BCUT2D eigenvalue weighted by molar-refractivity contribution is 6.32. The maximum atomic E-state index is 6.11. The summed E-state index contributed by atoms with van der Waals surface area (Å²) in [5.41, 5.74) is 3.15. The highest BCUT2D eigenvalue weighted by Crippen LogP contribution is 2.22. The first-order valence-electron chi connectivity index (χ1n) is 5.28. The van der Waals surface area contributed by atoms with E-state index < -0.39 is 0 Å². The fraction of sp³-hybridized carbons (Fsp3) is 0.364. The minimum absolute atomic E-state index is 0.481. The van der Waals surface area contributed by atoms with Crippen molar-refractivity contribution in [1.82, 2.24) is 19.7 Å². The van der Waals surface area contributed by atoms with Crippen molar-refractivity contribution < 1.29 is 0 Å². The summed E-state index contributed by atoms with van der Waals surface area (Å²) < 4.78 is 1.75. The third kappa shape index (κ3) is 1.98. The van der Waals surface area contributed by atoms with Gasteiger partial charge in [0.2, 0.25) is 5.95 Å². The average Bonchev–Trinajstić information content (AvgIpc) is 2.58. The van der Waals surface area contributed by atoms with Gasteiger partial charge in [-0.2, -0.15) is 10.1 Å². The highest BCUT2D eigenvalue weighted by Gasteiger charge is 2.13. The van der Waals surface area contributed by atoms with Crippen LogP contribution in [-0.4, -0.2) is 26.8 Å². The van der Waals surface area contributed by atoms with E-state index in [1.807, 2.05) is 20.8 Å². The first-order chi connectivity index (χ1) is 8.04. The summed E-state index contributed by atoms with van der Waals surface area (Å²) in [6, 6.07) is 0. The number of aromatic nitrogens is 4. The van der Waals surface area contributed by atoms with Crippen molar-refractivity contribution in [3.05, 3.63) is 28.2 Å². The Hall–Kier alpha value is -1.62. The topological polar surface area (TPSA) is 55.6 Å². The smallest absolute Gasteiger partial charge is 0.224 e. The zero-order valence-electron chi connectivity index (χ0n) is 10.2. The van der Waals surface area contributed by atoms with Crippen LogP contribution in [0.1, 0.15) is 17.0 Å². The van der Waals surface area contributed by atoms with Crippen molar-refractivity contribution in [2.24, 2.45) is 0 Å². The van der Waals surface area contributed by atoms with E-state index in [0.29, 0.717) is 16.8 Å². The molecule has 0 fully saturated rings. The molecule has 90 valence electrons.